The lowest BCUT2D eigenvalue weighted by Gasteiger charge is -2.08. The molecule has 2 aromatic heterocycles. The van der Waals surface area contributed by atoms with Crippen LogP contribution in [-0.4, -0.2) is 32.3 Å². The maximum atomic E-state index is 11.8. The summed E-state index contributed by atoms with van der Waals surface area (Å²) in [6.07, 6.45) is 1.55. The topological polar surface area (TPSA) is 102 Å². The molecule has 0 bridgehead atoms. The number of nitrogens with one attached hydrogen (secondary N) is 2. The Balaban J connectivity index is 1.95. The van der Waals surface area contributed by atoms with Crippen molar-refractivity contribution in [1.82, 2.24) is 19.7 Å². The highest BCUT2D eigenvalue weighted by Gasteiger charge is 2.11. The van der Waals surface area contributed by atoms with Crippen LogP contribution in [0.3, 0.4) is 0 Å². The van der Waals surface area contributed by atoms with E-state index in [1.807, 2.05) is 20.8 Å². The Bertz CT molecular complexity index is 732. The first kappa shape index (κ1) is 15.7. The van der Waals surface area contributed by atoms with Gasteiger partial charge in [-0.25, -0.2) is 0 Å². The minimum absolute atomic E-state index is 0.126. The van der Waals surface area contributed by atoms with Gasteiger partial charge in [-0.15, -0.1) is 5.10 Å². The second kappa shape index (κ2) is 6.42. The first-order valence-electron chi connectivity index (χ1n) is 6.89. The highest BCUT2D eigenvalue weighted by molar-refractivity contribution is 5.90. The van der Waals surface area contributed by atoms with Crippen molar-refractivity contribution in [2.75, 3.05) is 11.9 Å². The van der Waals surface area contributed by atoms with Gasteiger partial charge in [-0.1, -0.05) is 13.8 Å². The molecule has 0 saturated carbocycles. The molecule has 2 N–H and O–H groups in total. The van der Waals surface area contributed by atoms with Crippen LogP contribution >= 0.6 is 0 Å². The SMILES string of the molecule is Cc1cc(=O)c(OCC(=O)Nc2n[nH]c(C(C)C)n2)cn1C. The smallest absolute Gasteiger partial charge is 0.264 e. The lowest BCUT2D eigenvalue weighted by atomic mass is 10.2. The van der Waals surface area contributed by atoms with Crippen molar-refractivity contribution in [3.05, 3.63) is 34.0 Å². The first-order valence-corrected chi connectivity index (χ1v) is 6.89. The van der Waals surface area contributed by atoms with Gasteiger partial charge in [0.1, 0.15) is 5.82 Å². The molecule has 2 heterocycles. The maximum absolute atomic E-state index is 11.8. The zero-order valence-corrected chi connectivity index (χ0v) is 13.0. The Kier molecular flexibility index (Phi) is 4.59. The number of hydrogen-bond donors (Lipinski definition) is 2. The van der Waals surface area contributed by atoms with Crippen LogP contribution in [-0.2, 0) is 11.8 Å². The zero-order chi connectivity index (χ0) is 16.3. The molecule has 0 aliphatic rings. The summed E-state index contributed by atoms with van der Waals surface area (Å²) in [6.45, 7) is 5.45. The van der Waals surface area contributed by atoms with Crippen LogP contribution in [0.15, 0.2) is 17.1 Å². The van der Waals surface area contributed by atoms with Crippen LogP contribution in [0.4, 0.5) is 5.95 Å². The third-order valence-corrected chi connectivity index (χ3v) is 3.11. The van der Waals surface area contributed by atoms with Gasteiger partial charge < -0.3 is 9.30 Å². The molecule has 0 aromatic carbocycles. The first-order chi connectivity index (χ1) is 10.4. The molecule has 0 radical (unpaired) electrons. The monoisotopic (exact) mass is 305 g/mol. The lowest BCUT2D eigenvalue weighted by Crippen LogP contribution is -2.23. The van der Waals surface area contributed by atoms with Gasteiger partial charge in [0.2, 0.25) is 11.4 Å². The van der Waals surface area contributed by atoms with E-state index in [1.54, 1.807) is 17.8 Å². The maximum Gasteiger partial charge on any atom is 0.264 e. The number of carbonyl (C=O) groups excluding carboxylic acids is 1. The molecule has 0 aliphatic carbocycles. The highest BCUT2D eigenvalue weighted by Crippen LogP contribution is 2.10. The molecule has 0 saturated heterocycles. The van der Waals surface area contributed by atoms with Gasteiger partial charge in [-0.05, 0) is 6.92 Å². The Labute approximate surface area is 127 Å². The summed E-state index contributed by atoms with van der Waals surface area (Å²) in [5.41, 5.74) is 0.548. The van der Waals surface area contributed by atoms with E-state index in [2.05, 4.69) is 20.5 Å². The average Bonchev–Trinajstić information content (AvgIpc) is 2.90. The number of hydrogen-bond acceptors (Lipinski definition) is 5. The van der Waals surface area contributed by atoms with Crippen molar-refractivity contribution in [3.8, 4) is 5.75 Å². The number of amides is 1. The van der Waals surface area contributed by atoms with Crippen LogP contribution < -0.4 is 15.5 Å². The number of aryl methyl sites for hydroxylation is 2. The highest BCUT2D eigenvalue weighted by atomic mass is 16.5. The number of aromatic nitrogens is 4. The van der Waals surface area contributed by atoms with E-state index >= 15 is 0 Å². The third kappa shape index (κ3) is 3.72. The number of H-pyrrole nitrogens is 1. The third-order valence-electron chi connectivity index (χ3n) is 3.11. The van der Waals surface area contributed by atoms with Gasteiger partial charge in [0.05, 0.1) is 0 Å². The molecule has 2 aromatic rings. The Morgan fingerprint density at radius 3 is 2.86 bits per heavy atom. The van der Waals surface area contributed by atoms with Crippen molar-refractivity contribution >= 4 is 11.9 Å². The number of aromatic amines is 1. The van der Waals surface area contributed by atoms with Gasteiger partial charge in [0.25, 0.3) is 5.91 Å². The van der Waals surface area contributed by atoms with Crippen LogP contribution in [0.25, 0.3) is 0 Å². The molecular formula is C14H19N5O3. The molecule has 0 fully saturated rings. The molecule has 118 valence electrons. The fourth-order valence-corrected chi connectivity index (χ4v) is 1.70. The number of rotatable bonds is 5. The van der Waals surface area contributed by atoms with E-state index in [0.717, 1.165) is 5.69 Å². The van der Waals surface area contributed by atoms with Crippen molar-refractivity contribution < 1.29 is 9.53 Å². The van der Waals surface area contributed by atoms with Crippen molar-refractivity contribution in [2.24, 2.45) is 7.05 Å². The van der Waals surface area contributed by atoms with Gasteiger partial charge in [-0.3, -0.25) is 20.0 Å². The summed E-state index contributed by atoms with van der Waals surface area (Å²) >= 11 is 0. The Morgan fingerprint density at radius 1 is 1.50 bits per heavy atom. The van der Waals surface area contributed by atoms with Crippen molar-refractivity contribution in [3.63, 3.8) is 0 Å². The Morgan fingerprint density at radius 2 is 2.23 bits per heavy atom. The van der Waals surface area contributed by atoms with Gasteiger partial charge in [0.15, 0.2) is 12.4 Å². The molecule has 8 nitrogen and oxygen atoms in total. The van der Waals surface area contributed by atoms with Gasteiger partial charge in [0, 0.05) is 30.9 Å². The summed E-state index contributed by atoms with van der Waals surface area (Å²) in [6, 6.07) is 1.46. The molecule has 1 amide bonds. The molecular weight excluding hydrogens is 286 g/mol. The van der Waals surface area contributed by atoms with Crippen LogP contribution in [0.2, 0.25) is 0 Å². The molecule has 8 heteroatoms. The molecule has 22 heavy (non-hydrogen) atoms. The van der Waals surface area contributed by atoms with Crippen molar-refractivity contribution in [2.45, 2.75) is 26.7 Å². The van der Waals surface area contributed by atoms with E-state index in [4.69, 9.17) is 4.74 Å². The second-order valence-electron chi connectivity index (χ2n) is 5.29. The summed E-state index contributed by atoms with van der Waals surface area (Å²) in [5, 5.41) is 9.13. The number of ether oxygens (including phenoxy) is 1. The fraction of sp³-hybridized carbons (Fsp3) is 0.429. The quantitative estimate of drug-likeness (QED) is 0.856. The molecule has 0 atom stereocenters. The van der Waals surface area contributed by atoms with E-state index in [-0.39, 0.29) is 29.7 Å². The van der Waals surface area contributed by atoms with E-state index in [0.29, 0.717) is 5.82 Å². The largest absolute Gasteiger partial charge is 0.478 e. The minimum Gasteiger partial charge on any atom is -0.478 e. The van der Waals surface area contributed by atoms with Crippen LogP contribution in [0.1, 0.15) is 31.3 Å². The average molecular weight is 305 g/mol. The minimum atomic E-state index is -0.433. The number of carbonyl (C=O) groups is 1. The van der Waals surface area contributed by atoms with Crippen LogP contribution in [0, 0.1) is 6.92 Å². The number of pyridine rings is 1. The summed E-state index contributed by atoms with van der Waals surface area (Å²) in [7, 11) is 1.79. The number of nitrogens with zero attached hydrogens (tertiary/aromatic N) is 3. The normalized spacial score (nSPS) is 10.8. The summed E-state index contributed by atoms with van der Waals surface area (Å²) in [4.78, 5) is 27.7. The van der Waals surface area contributed by atoms with Gasteiger partial charge in [-0.2, -0.15) is 4.98 Å². The lowest BCUT2D eigenvalue weighted by molar-refractivity contribution is -0.118. The standard InChI is InChI=1S/C14H19N5O3/c1-8(2)13-16-14(18-17-13)15-12(21)7-22-11-6-19(4)9(3)5-10(11)20/h5-6,8H,7H2,1-4H3,(H2,15,16,17,18,21). The Hall–Kier alpha value is -2.64. The molecule has 0 aliphatic heterocycles. The summed E-state index contributed by atoms with van der Waals surface area (Å²) < 4.78 is 7.00. The van der Waals surface area contributed by atoms with Gasteiger partial charge >= 0.3 is 0 Å². The van der Waals surface area contributed by atoms with Crippen molar-refractivity contribution in [1.29, 1.82) is 0 Å². The molecule has 2 rings (SSSR count). The van der Waals surface area contributed by atoms with E-state index in [1.165, 1.54) is 6.07 Å². The molecule has 0 unspecified atom stereocenters. The fourth-order valence-electron chi connectivity index (χ4n) is 1.70. The van der Waals surface area contributed by atoms with Crippen LogP contribution in [0.5, 0.6) is 5.75 Å². The second-order valence-corrected chi connectivity index (χ2v) is 5.29. The zero-order valence-electron chi connectivity index (χ0n) is 13.0. The predicted octanol–water partition coefficient (Wildman–Crippen LogP) is 0.953. The molecule has 0 spiro atoms. The van der Waals surface area contributed by atoms with E-state index in [9.17, 15) is 9.59 Å². The van der Waals surface area contributed by atoms with E-state index < -0.39 is 5.91 Å². The number of anilines is 1. The predicted molar refractivity (Wildman–Crippen MR) is 81.0 cm³/mol. The summed E-state index contributed by atoms with van der Waals surface area (Å²) in [5.74, 6) is 0.751.